The van der Waals surface area contributed by atoms with Crippen LogP contribution in [0.4, 0.5) is 35.5 Å². The van der Waals surface area contributed by atoms with Crippen LogP contribution in [-0.2, 0) is 20.8 Å². The molecule has 0 unspecified atom stereocenters. The molecule has 0 aliphatic carbocycles. The Labute approximate surface area is 241 Å². The molecule has 13 nitrogen and oxygen atoms in total. The Morgan fingerprint density at radius 3 is 1.75 bits per heavy atom. The average molecular weight is 604 g/mol. The molecule has 0 spiro atoms. The van der Waals surface area contributed by atoms with Crippen molar-refractivity contribution in [1.82, 2.24) is 20.0 Å². The number of rotatable bonds is 4. The van der Waals surface area contributed by atoms with Crippen molar-refractivity contribution in [3.05, 3.63) is 22.2 Å². The number of halogens is 2. The molecule has 2 rings (SSSR count). The third-order valence-electron chi connectivity index (χ3n) is 4.22. The van der Waals surface area contributed by atoms with Crippen molar-refractivity contribution >= 4 is 58.0 Å². The van der Waals surface area contributed by atoms with Gasteiger partial charge in [0.05, 0.1) is 12.2 Å². The zero-order valence-corrected chi connectivity index (χ0v) is 25.7. The van der Waals surface area contributed by atoms with E-state index in [0.717, 1.165) is 0 Å². The third kappa shape index (κ3) is 9.33. The van der Waals surface area contributed by atoms with Gasteiger partial charge in [-0.1, -0.05) is 0 Å². The number of nitrogens with zero attached hydrogens (tertiary/aromatic N) is 6. The molecule has 0 aliphatic heterocycles. The zero-order chi connectivity index (χ0) is 30.8. The van der Waals surface area contributed by atoms with Crippen molar-refractivity contribution in [2.24, 2.45) is 0 Å². The number of thiazole rings is 1. The van der Waals surface area contributed by atoms with Gasteiger partial charge in [0.25, 0.3) is 0 Å². The molecule has 222 valence electrons. The number of amides is 3. The van der Waals surface area contributed by atoms with Crippen molar-refractivity contribution in [2.45, 2.75) is 85.7 Å². The van der Waals surface area contributed by atoms with Gasteiger partial charge in [-0.3, -0.25) is 0 Å². The van der Waals surface area contributed by atoms with Gasteiger partial charge in [0.15, 0.2) is 10.9 Å². The van der Waals surface area contributed by atoms with Crippen LogP contribution in [0.5, 0.6) is 0 Å². The van der Waals surface area contributed by atoms with Gasteiger partial charge >= 0.3 is 18.3 Å². The molecule has 0 aliphatic rings. The first-order valence-corrected chi connectivity index (χ1v) is 13.3. The molecule has 3 amide bonds. The summed E-state index contributed by atoms with van der Waals surface area (Å²) in [4.78, 5) is 53.5. The molecule has 0 aromatic carbocycles. The summed E-state index contributed by atoms with van der Waals surface area (Å²) < 4.78 is 32.3. The van der Waals surface area contributed by atoms with Crippen molar-refractivity contribution < 1.29 is 33.0 Å². The van der Waals surface area contributed by atoms with Crippen LogP contribution in [0.1, 0.15) is 68.0 Å². The normalized spacial score (nSPS) is 12.0. The summed E-state index contributed by atoms with van der Waals surface area (Å²) in [6.45, 7) is 13.9. The van der Waals surface area contributed by atoms with Crippen LogP contribution in [0.25, 0.3) is 0 Å². The number of carbonyl (C=O) groups is 3. The molecular weight excluding hydrogens is 569 g/mol. The van der Waals surface area contributed by atoms with Crippen molar-refractivity contribution in [3.63, 3.8) is 0 Å². The minimum absolute atomic E-state index is 0.0473. The maximum atomic E-state index is 16.2. The Bertz CT molecular complexity index is 1230. The SMILES string of the molecule is CN(Cc1csc(N)n1)c1nc(Cl)nc(N(C(=O)OC(C)(C)C)N(C(=O)OC(C)(C)C)C(=O)OC(C)(C)C)c1F. The minimum atomic E-state index is -1.37. The lowest BCUT2D eigenvalue weighted by molar-refractivity contribution is -0.00704. The van der Waals surface area contributed by atoms with E-state index < -0.39 is 52.0 Å². The van der Waals surface area contributed by atoms with Gasteiger partial charge in [-0.15, -0.1) is 21.4 Å². The highest BCUT2D eigenvalue weighted by molar-refractivity contribution is 7.13. The summed E-state index contributed by atoms with van der Waals surface area (Å²) in [6.07, 6.45) is -4.08. The zero-order valence-electron chi connectivity index (χ0n) is 24.2. The monoisotopic (exact) mass is 603 g/mol. The quantitative estimate of drug-likeness (QED) is 0.257. The summed E-state index contributed by atoms with van der Waals surface area (Å²) in [5.41, 5.74) is 2.81. The Morgan fingerprint density at radius 1 is 0.875 bits per heavy atom. The smallest absolute Gasteiger partial charge is 0.440 e. The fraction of sp³-hybridized carbons (Fsp3) is 0.583. The first-order valence-electron chi connectivity index (χ1n) is 12.0. The molecule has 2 aromatic heterocycles. The van der Waals surface area contributed by atoms with E-state index in [1.54, 1.807) is 5.38 Å². The number of hydrogen-bond acceptors (Lipinski definition) is 12. The van der Waals surface area contributed by atoms with E-state index in [4.69, 9.17) is 31.5 Å². The Balaban J connectivity index is 2.76. The average Bonchev–Trinajstić information content (AvgIpc) is 3.13. The topological polar surface area (TPSA) is 153 Å². The summed E-state index contributed by atoms with van der Waals surface area (Å²) in [7, 11) is 1.48. The van der Waals surface area contributed by atoms with E-state index in [1.807, 2.05) is 0 Å². The molecule has 40 heavy (non-hydrogen) atoms. The summed E-state index contributed by atoms with van der Waals surface area (Å²) in [6, 6.07) is 0. The predicted octanol–water partition coefficient (Wildman–Crippen LogP) is 5.77. The second-order valence-electron chi connectivity index (χ2n) is 11.6. The number of imide groups is 1. The number of anilines is 3. The van der Waals surface area contributed by atoms with Gasteiger partial charge in [-0.2, -0.15) is 14.4 Å². The standard InChI is InChI=1S/C24H35ClFN7O6S/c1-22(2,3)37-19(34)32(33(20(35)38-23(4,5)6)21(36)39-24(7,8)9)16-14(26)15(29-17(25)30-16)31(10)11-13-12-40-18(27)28-13/h12H,11H2,1-10H3,(H2,27,28). The molecule has 0 saturated carbocycles. The number of hydrogen-bond donors (Lipinski definition) is 1. The minimum Gasteiger partial charge on any atom is -0.442 e. The van der Waals surface area contributed by atoms with E-state index in [2.05, 4.69) is 15.0 Å². The van der Waals surface area contributed by atoms with E-state index in [9.17, 15) is 14.4 Å². The predicted molar refractivity (Wildman–Crippen MR) is 149 cm³/mol. The third-order valence-corrected chi connectivity index (χ3v) is 5.11. The fourth-order valence-corrected chi connectivity index (χ4v) is 3.63. The van der Waals surface area contributed by atoms with E-state index >= 15 is 4.39 Å². The van der Waals surface area contributed by atoms with Crippen LogP contribution in [0, 0.1) is 5.82 Å². The lowest BCUT2D eigenvalue weighted by atomic mass is 10.2. The van der Waals surface area contributed by atoms with Gasteiger partial charge < -0.3 is 24.8 Å². The molecule has 0 saturated heterocycles. The van der Waals surface area contributed by atoms with Crippen LogP contribution < -0.4 is 15.6 Å². The van der Waals surface area contributed by atoms with Gasteiger partial charge in [0, 0.05) is 12.4 Å². The van der Waals surface area contributed by atoms with Gasteiger partial charge in [0.1, 0.15) is 16.8 Å². The van der Waals surface area contributed by atoms with Gasteiger partial charge in [-0.25, -0.2) is 19.4 Å². The fourth-order valence-electron chi connectivity index (χ4n) is 2.92. The lowest BCUT2D eigenvalue weighted by Crippen LogP contribution is -2.57. The second-order valence-corrected chi connectivity index (χ2v) is 12.8. The first kappa shape index (κ1) is 32.8. The molecule has 2 aromatic rings. The van der Waals surface area contributed by atoms with Crippen LogP contribution in [-0.4, -0.2) is 62.1 Å². The Kier molecular flexibility index (Phi) is 9.79. The maximum absolute atomic E-state index is 16.2. The van der Waals surface area contributed by atoms with Crippen molar-refractivity contribution in [2.75, 3.05) is 22.7 Å². The summed E-state index contributed by atoms with van der Waals surface area (Å²) in [5, 5.41) is 1.92. The lowest BCUT2D eigenvalue weighted by Gasteiger charge is -2.35. The molecule has 0 fully saturated rings. The Morgan fingerprint density at radius 2 is 1.32 bits per heavy atom. The molecule has 2 N–H and O–H groups in total. The summed E-state index contributed by atoms with van der Waals surface area (Å²) >= 11 is 7.35. The number of ether oxygens (including phenoxy) is 3. The number of nitrogens with two attached hydrogens (primary N) is 1. The van der Waals surface area contributed by atoms with E-state index in [-0.39, 0.29) is 22.4 Å². The molecule has 0 atom stereocenters. The molecule has 16 heteroatoms. The van der Waals surface area contributed by atoms with Crippen LogP contribution >= 0.6 is 22.9 Å². The number of carbonyl (C=O) groups excluding carboxylic acids is 3. The van der Waals surface area contributed by atoms with E-state index in [0.29, 0.717) is 10.8 Å². The molecular formula is C24H35ClFN7O6S. The molecule has 0 bridgehead atoms. The van der Waals surface area contributed by atoms with Crippen LogP contribution in [0.3, 0.4) is 0 Å². The number of aromatic nitrogens is 3. The van der Waals surface area contributed by atoms with E-state index in [1.165, 1.54) is 85.6 Å². The number of nitrogen functional groups attached to an aromatic ring is 1. The van der Waals surface area contributed by atoms with Crippen LogP contribution in [0.15, 0.2) is 5.38 Å². The van der Waals surface area contributed by atoms with Crippen LogP contribution in [0.2, 0.25) is 5.28 Å². The summed E-state index contributed by atoms with van der Waals surface area (Å²) in [5.74, 6) is -2.45. The van der Waals surface area contributed by atoms with Gasteiger partial charge in [0.2, 0.25) is 16.9 Å². The highest BCUT2D eigenvalue weighted by Gasteiger charge is 2.44. The van der Waals surface area contributed by atoms with Crippen molar-refractivity contribution in [1.29, 1.82) is 0 Å². The molecule has 0 radical (unpaired) electrons. The highest BCUT2D eigenvalue weighted by atomic mass is 35.5. The Hall–Kier alpha value is -3.46. The number of hydrazine groups is 1. The first-order chi connectivity index (χ1) is 18.1. The van der Waals surface area contributed by atoms with Gasteiger partial charge in [-0.05, 0) is 73.9 Å². The maximum Gasteiger partial charge on any atom is 0.440 e. The highest BCUT2D eigenvalue weighted by Crippen LogP contribution is 2.31. The second kappa shape index (κ2) is 12.0. The molecule has 2 heterocycles. The van der Waals surface area contributed by atoms with Crippen molar-refractivity contribution in [3.8, 4) is 0 Å². The largest absolute Gasteiger partial charge is 0.442 e.